The molecule has 2 aliphatic rings. The van der Waals surface area contributed by atoms with E-state index in [0.29, 0.717) is 11.7 Å². The van der Waals surface area contributed by atoms with E-state index in [1.54, 1.807) is 7.11 Å². The Bertz CT molecular complexity index is 291. The molecule has 18 heavy (non-hydrogen) atoms. The van der Waals surface area contributed by atoms with Crippen LogP contribution >= 0.6 is 0 Å². The van der Waals surface area contributed by atoms with E-state index in [9.17, 15) is 4.79 Å². The molecule has 0 aliphatic heterocycles. The normalized spacial score (nSPS) is 41.6. The number of ketones is 1. The molecule has 0 aromatic carbocycles. The van der Waals surface area contributed by atoms with Gasteiger partial charge in [-0.3, -0.25) is 4.79 Å². The molecule has 0 saturated heterocycles. The molecular formula is C16H28O2. The van der Waals surface area contributed by atoms with E-state index < -0.39 is 5.60 Å². The Morgan fingerprint density at radius 1 is 1.06 bits per heavy atom. The maximum atomic E-state index is 12.8. The minimum absolute atomic E-state index is 0.270. The molecule has 2 heteroatoms. The first kappa shape index (κ1) is 14.0. The summed E-state index contributed by atoms with van der Waals surface area (Å²) in [7, 11) is 1.74. The van der Waals surface area contributed by atoms with Crippen LogP contribution in [0.4, 0.5) is 0 Å². The molecule has 2 atom stereocenters. The summed E-state index contributed by atoms with van der Waals surface area (Å²) in [6.07, 6.45) is 8.87. The van der Waals surface area contributed by atoms with Gasteiger partial charge < -0.3 is 4.74 Å². The highest BCUT2D eigenvalue weighted by Gasteiger charge is 2.44. The Morgan fingerprint density at radius 2 is 1.72 bits per heavy atom. The van der Waals surface area contributed by atoms with Crippen LogP contribution in [0.2, 0.25) is 0 Å². The van der Waals surface area contributed by atoms with Crippen LogP contribution in [0.1, 0.15) is 65.2 Å². The van der Waals surface area contributed by atoms with Crippen LogP contribution < -0.4 is 0 Å². The lowest BCUT2D eigenvalue weighted by Crippen LogP contribution is -2.48. The van der Waals surface area contributed by atoms with Gasteiger partial charge in [-0.2, -0.15) is 0 Å². The monoisotopic (exact) mass is 252 g/mol. The smallest absolute Gasteiger partial charge is 0.167 e. The molecule has 2 rings (SSSR count). The van der Waals surface area contributed by atoms with Crippen molar-refractivity contribution in [2.75, 3.05) is 7.11 Å². The molecule has 104 valence electrons. The second kappa shape index (κ2) is 5.73. The van der Waals surface area contributed by atoms with Gasteiger partial charge >= 0.3 is 0 Å². The Morgan fingerprint density at radius 3 is 2.28 bits per heavy atom. The zero-order chi connectivity index (χ0) is 13.2. The Hall–Kier alpha value is -0.370. The van der Waals surface area contributed by atoms with Crippen LogP contribution in [0.3, 0.4) is 0 Å². The third-order valence-corrected chi connectivity index (χ3v) is 5.18. The lowest BCUT2D eigenvalue weighted by atomic mass is 9.70. The molecule has 0 spiro atoms. The Balaban J connectivity index is 2.05. The third kappa shape index (κ3) is 2.79. The molecule has 0 bridgehead atoms. The molecule has 2 unspecified atom stereocenters. The second-order valence-electron chi connectivity index (χ2n) is 6.72. The van der Waals surface area contributed by atoms with Crippen molar-refractivity contribution >= 4 is 5.78 Å². The summed E-state index contributed by atoms with van der Waals surface area (Å²) in [6.45, 7) is 4.55. The molecule has 2 nitrogen and oxygen atoms in total. The van der Waals surface area contributed by atoms with Crippen LogP contribution in [-0.2, 0) is 9.53 Å². The van der Waals surface area contributed by atoms with Crippen LogP contribution in [0, 0.1) is 17.8 Å². The van der Waals surface area contributed by atoms with Crippen LogP contribution in [0.15, 0.2) is 0 Å². The van der Waals surface area contributed by atoms with E-state index in [4.69, 9.17) is 4.74 Å². The van der Waals surface area contributed by atoms with E-state index >= 15 is 0 Å². The summed E-state index contributed by atoms with van der Waals surface area (Å²) in [5.74, 6) is 2.12. The summed E-state index contributed by atoms with van der Waals surface area (Å²) in [5, 5.41) is 0. The molecule has 0 radical (unpaired) electrons. The number of methoxy groups -OCH3 is 1. The topological polar surface area (TPSA) is 26.3 Å². The van der Waals surface area contributed by atoms with E-state index in [2.05, 4.69) is 13.8 Å². The number of hydrogen-bond acceptors (Lipinski definition) is 2. The van der Waals surface area contributed by atoms with Gasteiger partial charge in [-0.15, -0.1) is 0 Å². The molecule has 0 amide bonds. The van der Waals surface area contributed by atoms with Gasteiger partial charge in [-0.25, -0.2) is 0 Å². The average molecular weight is 252 g/mol. The number of hydrogen-bond donors (Lipinski definition) is 0. The number of ether oxygens (including phenoxy) is 1. The standard InChI is InChI=1S/C16H28O2/c1-12-6-8-14(9-7-12)15(17)16(18-3)10-4-5-13(2)11-16/h12-14H,4-11H2,1-3H3. The van der Waals surface area contributed by atoms with E-state index in [1.165, 1.54) is 19.3 Å². The summed E-state index contributed by atoms with van der Waals surface area (Å²) >= 11 is 0. The van der Waals surface area contributed by atoms with Crippen molar-refractivity contribution in [3.8, 4) is 0 Å². The minimum Gasteiger partial charge on any atom is -0.370 e. The number of carbonyl (C=O) groups excluding carboxylic acids is 1. The number of rotatable bonds is 3. The van der Waals surface area contributed by atoms with Gasteiger partial charge in [0.15, 0.2) is 5.78 Å². The zero-order valence-electron chi connectivity index (χ0n) is 12.2. The molecule has 0 aromatic rings. The Kier molecular flexibility index (Phi) is 4.47. The van der Waals surface area contributed by atoms with E-state index in [-0.39, 0.29) is 5.92 Å². The van der Waals surface area contributed by atoms with E-state index in [0.717, 1.165) is 38.0 Å². The second-order valence-corrected chi connectivity index (χ2v) is 6.72. The van der Waals surface area contributed by atoms with Gasteiger partial charge in [-0.05, 0) is 43.9 Å². The highest BCUT2D eigenvalue weighted by Crippen LogP contribution is 2.40. The molecule has 2 fully saturated rings. The quantitative estimate of drug-likeness (QED) is 0.759. The van der Waals surface area contributed by atoms with Crippen LogP contribution in [0.5, 0.6) is 0 Å². The summed E-state index contributed by atoms with van der Waals surface area (Å²) in [6, 6.07) is 0. The zero-order valence-corrected chi connectivity index (χ0v) is 12.2. The summed E-state index contributed by atoms with van der Waals surface area (Å²) < 4.78 is 5.74. The van der Waals surface area contributed by atoms with Crippen LogP contribution in [-0.4, -0.2) is 18.5 Å². The van der Waals surface area contributed by atoms with Crippen LogP contribution in [0.25, 0.3) is 0 Å². The molecular weight excluding hydrogens is 224 g/mol. The minimum atomic E-state index is -0.442. The van der Waals surface area contributed by atoms with Gasteiger partial charge in [0.05, 0.1) is 0 Å². The van der Waals surface area contributed by atoms with Crippen molar-refractivity contribution in [1.29, 1.82) is 0 Å². The van der Waals surface area contributed by atoms with E-state index in [1.807, 2.05) is 0 Å². The predicted octanol–water partition coefficient (Wildman–Crippen LogP) is 3.98. The maximum absolute atomic E-state index is 12.8. The summed E-state index contributed by atoms with van der Waals surface area (Å²) in [4.78, 5) is 12.8. The van der Waals surface area contributed by atoms with Crippen molar-refractivity contribution in [3.05, 3.63) is 0 Å². The van der Waals surface area contributed by atoms with Crippen molar-refractivity contribution < 1.29 is 9.53 Å². The fourth-order valence-corrected chi connectivity index (χ4v) is 3.91. The van der Waals surface area contributed by atoms with Gasteiger partial charge in [-0.1, -0.05) is 33.1 Å². The molecule has 0 heterocycles. The first-order valence-electron chi connectivity index (χ1n) is 7.67. The average Bonchev–Trinajstić information content (AvgIpc) is 2.38. The largest absolute Gasteiger partial charge is 0.370 e. The lowest BCUT2D eigenvalue weighted by molar-refractivity contribution is -0.152. The van der Waals surface area contributed by atoms with Gasteiger partial charge in [0.25, 0.3) is 0 Å². The van der Waals surface area contributed by atoms with Gasteiger partial charge in [0, 0.05) is 13.0 Å². The first-order chi connectivity index (χ1) is 8.57. The molecule has 0 N–H and O–H groups in total. The molecule has 0 aromatic heterocycles. The Labute approximate surface area is 111 Å². The van der Waals surface area contributed by atoms with Gasteiger partial charge in [0.2, 0.25) is 0 Å². The fraction of sp³-hybridized carbons (Fsp3) is 0.938. The maximum Gasteiger partial charge on any atom is 0.167 e. The van der Waals surface area contributed by atoms with Gasteiger partial charge in [0.1, 0.15) is 5.60 Å². The van der Waals surface area contributed by atoms with Crippen molar-refractivity contribution in [2.24, 2.45) is 17.8 Å². The van der Waals surface area contributed by atoms with Crippen molar-refractivity contribution in [2.45, 2.75) is 70.8 Å². The first-order valence-corrected chi connectivity index (χ1v) is 7.67. The lowest BCUT2D eigenvalue weighted by Gasteiger charge is -2.40. The summed E-state index contributed by atoms with van der Waals surface area (Å²) in [5.41, 5.74) is -0.442. The SMILES string of the molecule is COC1(C(=O)C2CCC(C)CC2)CCCC(C)C1. The predicted molar refractivity (Wildman–Crippen MR) is 73.5 cm³/mol. The highest BCUT2D eigenvalue weighted by molar-refractivity contribution is 5.89. The number of Topliss-reactive ketones (excluding diaryl/α,β-unsaturated/α-hetero) is 1. The molecule has 2 aliphatic carbocycles. The third-order valence-electron chi connectivity index (χ3n) is 5.18. The van der Waals surface area contributed by atoms with Crippen molar-refractivity contribution in [3.63, 3.8) is 0 Å². The number of carbonyl (C=O) groups is 1. The fourth-order valence-electron chi connectivity index (χ4n) is 3.91. The van der Waals surface area contributed by atoms with Crippen molar-refractivity contribution in [1.82, 2.24) is 0 Å². The highest BCUT2D eigenvalue weighted by atomic mass is 16.5. The molecule has 2 saturated carbocycles.